The Morgan fingerprint density at radius 3 is 2.50 bits per heavy atom. The third-order valence-electron chi connectivity index (χ3n) is 4.11. The van der Waals surface area contributed by atoms with Crippen molar-refractivity contribution >= 4 is 0 Å². The van der Waals surface area contributed by atoms with Gasteiger partial charge in [0.05, 0.1) is 0 Å². The van der Waals surface area contributed by atoms with Crippen molar-refractivity contribution in [3.63, 3.8) is 0 Å². The van der Waals surface area contributed by atoms with Crippen LogP contribution in [0.15, 0.2) is 24.3 Å². The van der Waals surface area contributed by atoms with E-state index in [2.05, 4.69) is 36.1 Å². The van der Waals surface area contributed by atoms with Gasteiger partial charge in [0, 0.05) is 19.1 Å². The zero-order chi connectivity index (χ0) is 12.8. The fraction of sp³-hybridized carbons (Fsp3) is 0.625. The lowest BCUT2D eigenvalue weighted by atomic mass is 10.1. The molecule has 0 radical (unpaired) electrons. The molecule has 0 spiro atoms. The second kappa shape index (κ2) is 6.91. The minimum atomic E-state index is 0.640. The van der Waals surface area contributed by atoms with Crippen LogP contribution in [0.1, 0.15) is 50.2 Å². The van der Waals surface area contributed by atoms with Crippen LogP contribution in [-0.2, 0) is 13.1 Å². The average Bonchev–Trinajstić information content (AvgIpc) is 2.64. The summed E-state index contributed by atoms with van der Waals surface area (Å²) in [6, 6.07) is 9.57. The molecule has 1 fully saturated rings. The van der Waals surface area contributed by atoms with Crippen molar-refractivity contribution in [1.82, 2.24) is 4.90 Å². The molecule has 1 aliphatic heterocycles. The van der Waals surface area contributed by atoms with Gasteiger partial charge < -0.3 is 5.73 Å². The number of hydrogen-bond donors (Lipinski definition) is 1. The molecular formula is C16H26N2. The summed E-state index contributed by atoms with van der Waals surface area (Å²) in [5.74, 6) is 0. The molecule has 1 aliphatic rings. The molecule has 1 atom stereocenters. The fourth-order valence-electron chi connectivity index (χ4n) is 2.92. The largest absolute Gasteiger partial charge is 0.326 e. The minimum absolute atomic E-state index is 0.640. The van der Waals surface area contributed by atoms with Gasteiger partial charge in [0.15, 0.2) is 0 Å². The molecule has 1 heterocycles. The van der Waals surface area contributed by atoms with Crippen LogP contribution in [0, 0.1) is 0 Å². The van der Waals surface area contributed by atoms with Crippen molar-refractivity contribution in [2.45, 2.75) is 58.2 Å². The highest BCUT2D eigenvalue weighted by molar-refractivity contribution is 5.22. The zero-order valence-corrected chi connectivity index (χ0v) is 11.6. The number of nitrogens with zero attached hydrogens (tertiary/aromatic N) is 1. The van der Waals surface area contributed by atoms with Crippen molar-refractivity contribution in [3.8, 4) is 0 Å². The van der Waals surface area contributed by atoms with Crippen LogP contribution in [0.25, 0.3) is 0 Å². The van der Waals surface area contributed by atoms with E-state index in [-0.39, 0.29) is 0 Å². The van der Waals surface area contributed by atoms with E-state index in [1.54, 1.807) is 0 Å². The van der Waals surface area contributed by atoms with E-state index in [0.29, 0.717) is 6.54 Å². The lowest BCUT2D eigenvalue weighted by Gasteiger charge is -2.29. The Morgan fingerprint density at radius 2 is 1.83 bits per heavy atom. The summed E-state index contributed by atoms with van der Waals surface area (Å²) < 4.78 is 0. The van der Waals surface area contributed by atoms with Gasteiger partial charge in [-0.15, -0.1) is 0 Å². The minimum Gasteiger partial charge on any atom is -0.326 e. The highest BCUT2D eigenvalue weighted by Crippen LogP contribution is 2.21. The van der Waals surface area contributed by atoms with Crippen LogP contribution < -0.4 is 5.73 Å². The summed E-state index contributed by atoms with van der Waals surface area (Å²) in [7, 11) is 0. The van der Waals surface area contributed by atoms with Gasteiger partial charge in [-0.25, -0.2) is 0 Å². The van der Waals surface area contributed by atoms with Crippen LogP contribution >= 0.6 is 0 Å². The van der Waals surface area contributed by atoms with Gasteiger partial charge in [0.2, 0.25) is 0 Å². The number of likely N-dealkylation sites (tertiary alicyclic amines) is 1. The molecule has 0 aromatic heterocycles. The maximum Gasteiger partial charge on any atom is 0.0236 e. The Balaban J connectivity index is 2.00. The molecule has 0 bridgehead atoms. The van der Waals surface area contributed by atoms with Crippen molar-refractivity contribution < 1.29 is 0 Å². The molecule has 0 amide bonds. The van der Waals surface area contributed by atoms with Gasteiger partial charge in [-0.05, 0) is 36.9 Å². The van der Waals surface area contributed by atoms with Gasteiger partial charge in [-0.1, -0.05) is 44.0 Å². The normalized spacial score (nSPS) is 21.8. The van der Waals surface area contributed by atoms with Crippen LogP contribution in [0.4, 0.5) is 0 Å². The number of benzene rings is 1. The zero-order valence-electron chi connectivity index (χ0n) is 11.6. The first-order valence-corrected chi connectivity index (χ1v) is 7.35. The van der Waals surface area contributed by atoms with Gasteiger partial charge in [0.1, 0.15) is 0 Å². The third kappa shape index (κ3) is 3.56. The SMILES string of the molecule is CCC1CCCCCN1Cc1ccc(CN)cc1. The topological polar surface area (TPSA) is 29.3 Å². The molecule has 1 aromatic carbocycles. The molecule has 1 saturated heterocycles. The molecular weight excluding hydrogens is 220 g/mol. The molecule has 2 nitrogen and oxygen atoms in total. The summed E-state index contributed by atoms with van der Waals surface area (Å²) >= 11 is 0. The van der Waals surface area contributed by atoms with E-state index in [1.807, 2.05) is 0 Å². The molecule has 18 heavy (non-hydrogen) atoms. The predicted octanol–water partition coefficient (Wildman–Crippen LogP) is 3.30. The van der Waals surface area contributed by atoms with Crippen molar-refractivity contribution in [2.75, 3.05) is 6.54 Å². The number of nitrogens with two attached hydrogens (primary N) is 1. The molecule has 0 saturated carbocycles. The van der Waals surface area contributed by atoms with Crippen molar-refractivity contribution in [1.29, 1.82) is 0 Å². The quantitative estimate of drug-likeness (QED) is 0.883. The average molecular weight is 246 g/mol. The molecule has 1 unspecified atom stereocenters. The number of rotatable bonds is 4. The summed E-state index contributed by atoms with van der Waals surface area (Å²) in [5, 5.41) is 0. The van der Waals surface area contributed by atoms with Gasteiger partial charge in [-0.2, -0.15) is 0 Å². The van der Waals surface area contributed by atoms with Gasteiger partial charge >= 0.3 is 0 Å². The Bertz CT molecular complexity index is 345. The Labute approximate surface area is 111 Å². The maximum atomic E-state index is 5.64. The van der Waals surface area contributed by atoms with E-state index < -0.39 is 0 Å². The summed E-state index contributed by atoms with van der Waals surface area (Å²) in [6.07, 6.45) is 6.82. The summed E-state index contributed by atoms with van der Waals surface area (Å²) in [5.41, 5.74) is 8.29. The second-order valence-corrected chi connectivity index (χ2v) is 5.40. The Morgan fingerprint density at radius 1 is 1.11 bits per heavy atom. The first-order chi connectivity index (χ1) is 8.83. The van der Waals surface area contributed by atoms with E-state index in [0.717, 1.165) is 12.6 Å². The van der Waals surface area contributed by atoms with Gasteiger partial charge in [-0.3, -0.25) is 4.90 Å². The lowest BCUT2D eigenvalue weighted by Crippen LogP contribution is -2.33. The van der Waals surface area contributed by atoms with E-state index >= 15 is 0 Å². The molecule has 2 heteroatoms. The Hall–Kier alpha value is -0.860. The molecule has 0 aliphatic carbocycles. The smallest absolute Gasteiger partial charge is 0.0236 e. The maximum absolute atomic E-state index is 5.64. The highest BCUT2D eigenvalue weighted by Gasteiger charge is 2.19. The fourth-order valence-corrected chi connectivity index (χ4v) is 2.92. The second-order valence-electron chi connectivity index (χ2n) is 5.40. The summed E-state index contributed by atoms with van der Waals surface area (Å²) in [6.45, 7) is 5.32. The Kier molecular flexibility index (Phi) is 5.21. The van der Waals surface area contributed by atoms with Gasteiger partial charge in [0.25, 0.3) is 0 Å². The van der Waals surface area contributed by atoms with Crippen LogP contribution in [0.5, 0.6) is 0 Å². The van der Waals surface area contributed by atoms with Crippen molar-refractivity contribution in [3.05, 3.63) is 35.4 Å². The van der Waals surface area contributed by atoms with Crippen LogP contribution in [0.3, 0.4) is 0 Å². The van der Waals surface area contributed by atoms with Crippen molar-refractivity contribution in [2.24, 2.45) is 5.73 Å². The predicted molar refractivity (Wildman–Crippen MR) is 77.3 cm³/mol. The molecule has 1 aromatic rings. The molecule has 2 N–H and O–H groups in total. The van der Waals surface area contributed by atoms with E-state index in [4.69, 9.17) is 5.73 Å². The van der Waals surface area contributed by atoms with Crippen LogP contribution in [0.2, 0.25) is 0 Å². The standard InChI is InChI=1S/C16H26N2/c1-2-16-6-4-3-5-11-18(16)13-15-9-7-14(12-17)8-10-15/h7-10,16H,2-6,11-13,17H2,1H3. The number of hydrogen-bond acceptors (Lipinski definition) is 2. The van der Waals surface area contributed by atoms with E-state index in [9.17, 15) is 0 Å². The molecule has 2 rings (SSSR count). The highest BCUT2D eigenvalue weighted by atomic mass is 15.1. The monoisotopic (exact) mass is 246 g/mol. The summed E-state index contributed by atoms with van der Waals surface area (Å²) in [4.78, 5) is 2.67. The molecule has 100 valence electrons. The lowest BCUT2D eigenvalue weighted by molar-refractivity contribution is 0.186. The first-order valence-electron chi connectivity index (χ1n) is 7.35. The third-order valence-corrected chi connectivity index (χ3v) is 4.11. The van der Waals surface area contributed by atoms with Crippen LogP contribution in [-0.4, -0.2) is 17.5 Å². The first kappa shape index (κ1) is 13.6. The van der Waals surface area contributed by atoms with E-state index in [1.165, 1.54) is 49.8 Å².